The highest BCUT2D eigenvalue weighted by Crippen LogP contribution is 2.38. The number of ketones is 1. The molecule has 1 aliphatic heterocycles. The quantitative estimate of drug-likeness (QED) is 0.756. The first kappa shape index (κ1) is 13.0. The van der Waals surface area contributed by atoms with Crippen LogP contribution in [-0.2, 0) is 0 Å². The molecule has 0 N–H and O–H groups in total. The van der Waals surface area contributed by atoms with Crippen LogP contribution in [0, 0.1) is 11.8 Å². The van der Waals surface area contributed by atoms with Gasteiger partial charge in [0.15, 0.2) is 5.78 Å². The Morgan fingerprint density at radius 2 is 2.16 bits per heavy atom. The van der Waals surface area contributed by atoms with Crippen LogP contribution in [0.15, 0.2) is 18.2 Å². The number of Topliss-reactive ketones (excluding diaryl/α,β-unsaturated/α-hetero) is 1. The van der Waals surface area contributed by atoms with E-state index in [2.05, 4.69) is 6.92 Å². The number of benzene rings is 1. The van der Waals surface area contributed by atoms with Crippen molar-refractivity contribution in [1.82, 2.24) is 0 Å². The highest BCUT2D eigenvalue weighted by atomic mass is 35.5. The molecule has 2 nitrogen and oxygen atoms in total. The minimum absolute atomic E-state index is 0.0592. The molecule has 1 aliphatic carbocycles. The maximum absolute atomic E-state index is 12.2. The Bertz CT molecular complexity index is 498. The van der Waals surface area contributed by atoms with Gasteiger partial charge in [-0.25, -0.2) is 0 Å². The molecular weight excluding hydrogens is 260 g/mol. The van der Waals surface area contributed by atoms with Crippen LogP contribution < -0.4 is 4.74 Å². The van der Waals surface area contributed by atoms with E-state index in [1.807, 2.05) is 6.07 Å². The molecule has 19 heavy (non-hydrogen) atoms. The molecule has 1 saturated carbocycles. The summed E-state index contributed by atoms with van der Waals surface area (Å²) in [6.07, 6.45) is 5.50. The van der Waals surface area contributed by atoms with Gasteiger partial charge in [-0.3, -0.25) is 4.79 Å². The van der Waals surface area contributed by atoms with Crippen molar-refractivity contribution in [3.8, 4) is 5.75 Å². The Hall–Kier alpha value is -1.02. The molecule has 3 unspecified atom stereocenters. The Morgan fingerprint density at radius 3 is 2.95 bits per heavy atom. The fourth-order valence-corrected chi connectivity index (χ4v) is 3.57. The van der Waals surface area contributed by atoms with Crippen LogP contribution in [0.1, 0.15) is 49.4 Å². The van der Waals surface area contributed by atoms with Crippen LogP contribution in [0.2, 0.25) is 5.02 Å². The van der Waals surface area contributed by atoms with E-state index in [0.29, 0.717) is 28.7 Å². The lowest BCUT2D eigenvalue weighted by molar-refractivity contribution is 0.0598. The molecule has 0 bridgehead atoms. The Kier molecular flexibility index (Phi) is 3.53. The standard InChI is InChI=1S/C16H19ClO2/c1-10-3-2-4-11(7-10)16-9-14(18)13-8-12(17)5-6-15(13)19-16/h5-6,8,10-11,16H,2-4,7,9H2,1H3. The van der Waals surface area contributed by atoms with Crippen LogP contribution in [0.4, 0.5) is 0 Å². The van der Waals surface area contributed by atoms with E-state index in [-0.39, 0.29) is 11.9 Å². The maximum atomic E-state index is 12.2. The predicted octanol–water partition coefficient (Wildman–Crippen LogP) is 4.50. The van der Waals surface area contributed by atoms with Crippen molar-refractivity contribution >= 4 is 17.4 Å². The summed E-state index contributed by atoms with van der Waals surface area (Å²) in [5, 5.41) is 0.598. The van der Waals surface area contributed by atoms with Gasteiger partial charge in [0.2, 0.25) is 0 Å². The Morgan fingerprint density at radius 1 is 1.32 bits per heavy atom. The van der Waals surface area contributed by atoms with Crippen molar-refractivity contribution < 1.29 is 9.53 Å². The van der Waals surface area contributed by atoms with Crippen LogP contribution in [0.25, 0.3) is 0 Å². The number of rotatable bonds is 1. The molecule has 0 saturated heterocycles. The zero-order valence-electron chi connectivity index (χ0n) is 11.2. The van der Waals surface area contributed by atoms with E-state index in [0.717, 1.165) is 5.92 Å². The van der Waals surface area contributed by atoms with Gasteiger partial charge < -0.3 is 4.74 Å². The molecule has 0 aromatic heterocycles. The second-order valence-corrected chi connectivity index (χ2v) is 6.39. The summed E-state index contributed by atoms with van der Waals surface area (Å²) >= 11 is 5.94. The Balaban J connectivity index is 1.81. The fourth-order valence-electron chi connectivity index (χ4n) is 3.40. The molecule has 3 heteroatoms. The molecule has 3 rings (SSSR count). The lowest BCUT2D eigenvalue weighted by Gasteiger charge is -2.35. The molecule has 3 atom stereocenters. The molecule has 2 aliphatic rings. The fraction of sp³-hybridized carbons (Fsp3) is 0.562. The van der Waals surface area contributed by atoms with E-state index >= 15 is 0 Å². The van der Waals surface area contributed by atoms with Crippen molar-refractivity contribution in [1.29, 1.82) is 0 Å². The van der Waals surface area contributed by atoms with Crippen molar-refractivity contribution in [2.45, 2.75) is 45.1 Å². The van der Waals surface area contributed by atoms with E-state index in [9.17, 15) is 4.79 Å². The molecular formula is C16H19ClO2. The first-order valence-electron chi connectivity index (χ1n) is 7.13. The lowest BCUT2D eigenvalue weighted by atomic mass is 9.77. The van der Waals surface area contributed by atoms with Crippen molar-refractivity contribution in [2.24, 2.45) is 11.8 Å². The minimum atomic E-state index is 0.0592. The summed E-state index contributed by atoms with van der Waals surface area (Å²) in [6, 6.07) is 5.34. The van der Waals surface area contributed by atoms with Gasteiger partial charge in [-0.15, -0.1) is 0 Å². The summed E-state index contributed by atoms with van der Waals surface area (Å²) in [6.45, 7) is 2.30. The summed E-state index contributed by atoms with van der Waals surface area (Å²) in [5.74, 6) is 2.16. The Labute approximate surface area is 119 Å². The van der Waals surface area contributed by atoms with Crippen LogP contribution >= 0.6 is 11.6 Å². The SMILES string of the molecule is CC1CCCC(C2CC(=O)c3cc(Cl)ccc3O2)C1. The second-order valence-electron chi connectivity index (χ2n) is 5.96. The number of ether oxygens (including phenoxy) is 1. The second kappa shape index (κ2) is 5.16. The molecule has 1 fully saturated rings. The summed E-state index contributed by atoms with van der Waals surface area (Å²) in [7, 11) is 0. The highest BCUT2D eigenvalue weighted by molar-refractivity contribution is 6.31. The van der Waals surface area contributed by atoms with E-state index in [4.69, 9.17) is 16.3 Å². The molecule has 1 aromatic carbocycles. The maximum Gasteiger partial charge on any atom is 0.170 e. The van der Waals surface area contributed by atoms with Gasteiger partial charge in [0.05, 0.1) is 5.56 Å². The third kappa shape index (κ3) is 2.64. The van der Waals surface area contributed by atoms with Gasteiger partial charge in [-0.1, -0.05) is 31.4 Å². The first-order valence-corrected chi connectivity index (χ1v) is 7.50. The van der Waals surface area contributed by atoms with Gasteiger partial charge in [0.25, 0.3) is 0 Å². The third-order valence-corrected chi connectivity index (χ3v) is 4.64. The van der Waals surface area contributed by atoms with Crippen LogP contribution in [0.3, 0.4) is 0 Å². The third-order valence-electron chi connectivity index (χ3n) is 4.41. The first-order chi connectivity index (χ1) is 9.13. The molecule has 102 valence electrons. The average molecular weight is 279 g/mol. The number of carbonyl (C=O) groups excluding carboxylic acids is 1. The van der Waals surface area contributed by atoms with Gasteiger partial charge >= 0.3 is 0 Å². The van der Waals surface area contributed by atoms with Gasteiger partial charge in [-0.05, 0) is 42.9 Å². The van der Waals surface area contributed by atoms with Gasteiger partial charge in [0.1, 0.15) is 11.9 Å². The summed E-state index contributed by atoms with van der Waals surface area (Å²) < 4.78 is 6.07. The number of hydrogen-bond donors (Lipinski definition) is 0. The van der Waals surface area contributed by atoms with Crippen molar-refractivity contribution in [2.75, 3.05) is 0 Å². The summed E-state index contributed by atoms with van der Waals surface area (Å²) in [5.41, 5.74) is 0.646. The number of carbonyl (C=O) groups is 1. The molecule has 1 heterocycles. The van der Waals surface area contributed by atoms with E-state index in [1.54, 1.807) is 12.1 Å². The van der Waals surface area contributed by atoms with E-state index < -0.39 is 0 Å². The zero-order valence-corrected chi connectivity index (χ0v) is 12.0. The normalized spacial score (nSPS) is 30.6. The van der Waals surface area contributed by atoms with Crippen molar-refractivity contribution in [3.05, 3.63) is 28.8 Å². The summed E-state index contributed by atoms with van der Waals surface area (Å²) in [4.78, 5) is 12.2. The molecule has 0 spiro atoms. The smallest absolute Gasteiger partial charge is 0.170 e. The molecule has 1 aromatic rings. The van der Waals surface area contributed by atoms with Gasteiger partial charge in [0, 0.05) is 11.4 Å². The number of halogens is 1. The predicted molar refractivity (Wildman–Crippen MR) is 75.9 cm³/mol. The monoisotopic (exact) mass is 278 g/mol. The molecule has 0 amide bonds. The van der Waals surface area contributed by atoms with Crippen LogP contribution in [0.5, 0.6) is 5.75 Å². The van der Waals surface area contributed by atoms with Crippen LogP contribution in [-0.4, -0.2) is 11.9 Å². The minimum Gasteiger partial charge on any atom is -0.489 e. The zero-order chi connectivity index (χ0) is 13.4. The average Bonchev–Trinajstić information content (AvgIpc) is 2.39. The topological polar surface area (TPSA) is 26.3 Å². The largest absolute Gasteiger partial charge is 0.489 e. The lowest BCUT2D eigenvalue weighted by Crippen LogP contribution is -2.36. The number of fused-ring (bicyclic) bond motifs is 1. The van der Waals surface area contributed by atoms with E-state index in [1.165, 1.54) is 25.7 Å². The highest BCUT2D eigenvalue weighted by Gasteiger charge is 2.34. The number of hydrogen-bond acceptors (Lipinski definition) is 2. The van der Waals surface area contributed by atoms with Gasteiger partial charge in [-0.2, -0.15) is 0 Å². The van der Waals surface area contributed by atoms with Crippen molar-refractivity contribution in [3.63, 3.8) is 0 Å². The molecule has 0 radical (unpaired) electrons.